The van der Waals surface area contributed by atoms with E-state index in [0.29, 0.717) is 0 Å². The predicted octanol–water partition coefficient (Wildman–Crippen LogP) is 4.59. The summed E-state index contributed by atoms with van der Waals surface area (Å²) in [5.41, 5.74) is 3.92. The van der Waals surface area contributed by atoms with Gasteiger partial charge in [0.1, 0.15) is 5.92 Å². The number of unbranched alkanes of at least 4 members (excludes halogenated alkanes) is 2. The van der Waals surface area contributed by atoms with Crippen LogP contribution in [0, 0.1) is 32.6 Å². The number of aryl methyl sites for hydroxylation is 3. The third-order valence-electron chi connectivity index (χ3n) is 7.00. The number of hydrogen-bond acceptors (Lipinski definition) is 3. The molecule has 5 atom stereocenters. The topological polar surface area (TPSA) is 43.4 Å². The van der Waals surface area contributed by atoms with Crippen molar-refractivity contribution in [1.29, 1.82) is 0 Å². The van der Waals surface area contributed by atoms with E-state index in [1.54, 1.807) is 0 Å². The van der Waals surface area contributed by atoms with Crippen LogP contribution in [0.5, 0.6) is 0 Å². The van der Waals surface area contributed by atoms with Gasteiger partial charge >= 0.3 is 0 Å². The Hall–Kier alpha value is -1.48. The zero-order valence-corrected chi connectivity index (χ0v) is 16.4. The van der Waals surface area contributed by atoms with Gasteiger partial charge in [-0.1, -0.05) is 43.9 Å². The maximum Gasteiger partial charge on any atom is 0.154 e. The van der Waals surface area contributed by atoms with Gasteiger partial charge in [-0.15, -0.1) is 0 Å². The summed E-state index contributed by atoms with van der Waals surface area (Å²) in [4.78, 5) is 26.9. The molecule has 2 heterocycles. The Balaban J connectivity index is 1.71. The largest absolute Gasteiger partial charge is 0.370 e. The quantitative estimate of drug-likeness (QED) is 0.574. The van der Waals surface area contributed by atoms with Gasteiger partial charge in [0.2, 0.25) is 0 Å². The number of rotatable bonds is 5. The zero-order chi connectivity index (χ0) is 18.6. The monoisotopic (exact) mass is 354 g/mol. The molecule has 140 valence electrons. The van der Waals surface area contributed by atoms with Gasteiger partial charge in [0.05, 0.1) is 23.5 Å². The zero-order valence-electron chi connectivity index (χ0n) is 16.4. The van der Waals surface area contributed by atoms with Crippen molar-refractivity contribution in [2.45, 2.75) is 83.8 Å². The minimum atomic E-state index is -0.569. The highest BCUT2D eigenvalue weighted by atomic mass is 16.5. The number of fused-ring (bicyclic) bond motifs is 5. The van der Waals surface area contributed by atoms with Crippen molar-refractivity contribution in [1.82, 2.24) is 0 Å². The highest BCUT2D eigenvalue weighted by molar-refractivity contribution is 6.17. The number of Topliss-reactive ketones (excluding diaryl/α,β-unsaturated/α-hetero) is 2. The molecule has 1 aromatic rings. The van der Waals surface area contributed by atoms with Crippen molar-refractivity contribution in [3.63, 3.8) is 0 Å². The second kappa shape index (κ2) is 6.30. The highest BCUT2D eigenvalue weighted by Gasteiger charge is 2.69. The molecule has 3 heteroatoms. The summed E-state index contributed by atoms with van der Waals surface area (Å²) in [5, 5.41) is 0. The van der Waals surface area contributed by atoms with E-state index in [9.17, 15) is 9.59 Å². The minimum absolute atomic E-state index is 0.0332. The first-order chi connectivity index (χ1) is 12.4. The Labute approximate surface area is 156 Å². The SMILES string of the molecule is CCCCC[C@]12CC[C@H](O1)[C@@H]1C(=O)C(c3c(C)cc(C)cc3C)C(=O)[C@@H]12. The number of ether oxygens (including phenoxy) is 1. The standard InChI is InChI=1S/C23H30O3/c1-5-6-7-9-23-10-8-16(26-23)18-20(23)22(25)19(21(18)24)17-14(3)11-13(2)12-15(17)4/h11-12,16,18-20H,5-10H2,1-4H3/t16-,18-,19?,20+,23+/m0/s1. The Morgan fingerprint density at radius 1 is 1.08 bits per heavy atom. The number of carbonyl (C=O) groups excluding carboxylic acids is 2. The summed E-state index contributed by atoms with van der Waals surface area (Å²) < 4.78 is 6.34. The van der Waals surface area contributed by atoms with Gasteiger partial charge < -0.3 is 4.74 Å². The summed E-state index contributed by atoms with van der Waals surface area (Å²) in [7, 11) is 0. The van der Waals surface area contributed by atoms with Gasteiger partial charge in [0, 0.05) is 0 Å². The van der Waals surface area contributed by atoms with Crippen molar-refractivity contribution >= 4 is 11.6 Å². The minimum Gasteiger partial charge on any atom is -0.370 e. The van der Waals surface area contributed by atoms with E-state index < -0.39 is 5.92 Å². The van der Waals surface area contributed by atoms with Crippen molar-refractivity contribution in [3.8, 4) is 0 Å². The average molecular weight is 354 g/mol. The molecule has 1 aromatic carbocycles. The van der Waals surface area contributed by atoms with Crippen LogP contribution in [-0.4, -0.2) is 23.3 Å². The molecule has 26 heavy (non-hydrogen) atoms. The Morgan fingerprint density at radius 3 is 2.42 bits per heavy atom. The molecular weight excluding hydrogens is 324 g/mol. The van der Waals surface area contributed by atoms with E-state index in [-0.39, 0.29) is 35.1 Å². The molecule has 2 aliphatic heterocycles. The molecule has 0 amide bonds. The van der Waals surface area contributed by atoms with E-state index in [1.807, 2.05) is 13.8 Å². The molecule has 1 saturated carbocycles. The fourth-order valence-corrected chi connectivity index (χ4v) is 6.07. The van der Waals surface area contributed by atoms with Gasteiger partial charge in [-0.2, -0.15) is 0 Å². The predicted molar refractivity (Wildman–Crippen MR) is 101 cm³/mol. The van der Waals surface area contributed by atoms with E-state index in [4.69, 9.17) is 4.74 Å². The highest BCUT2D eigenvalue weighted by Crippen LogP contribution is 2.59. The molecular formula is C23H30O3. The number of carbonyl (C=O) groups is 2. The lowest BCUT2D eigenvalue weighted by molar-refractivity contribution is -0.130. The van der Waals surface area contributed by atoms with E-state index in [2.05, 4.69) is 26.0 Å². The summed E-state index contributed by atoms with van der Waals surface area (Å²) in [6.07, 6.45) is 6.18. The van der Waals surface area contributed by atoms with Crippen LogP contribution in [0.3, 0.4) is 0 Å². The Morgan fingerprint density at radius 2 is 1.77 bits per heavy atom. The van der Waals surface area contributed by atoms with Gasteiger partial charge in [0.25, 0.3) is 0 Å². The Kier molecular flexibility index (Phi) is 4.34. The lowest BCUT2D eigenvalue weighted by Crippen LogP contribution is -2.40. The Bertz CT molecular complexity index is 742. The van der Waals surface area contributed by atoms with Crippen LogP contribution in [0.2, 0.25) is 0 Å². The van der Waals surface area contributed by atoms with Gasteiger partial charge in [-0.25, -0.2) is 0 Å². The molecule has 0 radical (unpaired) electrons. The molecule has 4 rings (SSSR count). The maximum absolute atomic E-state index is 13.5. The third-order valence-corrected chi connectivity index (χ3v) is 7.00. The average Bonchev–Trinajstić information content (AvgIpc) is 3.20. The molecule has 3 nitrogen and oxygen atoms in total. The molecule has 3 fully saturated rings. The molecule has 0 spiro atoms. The fraction of sp³-hybridized carbons (Fsp3) is 0.652. The first-order valence-corrected chi connectivity index (χ1v) is 10.2. The number of ketones is 2. The molecule has 2 bridgehead atoms. The van der Waals surface area contributed by atoms with Crippen LogP contribution in [0.25, 0.3) is 0 Å². The summed E-state index contributed by atoms with van der Waals surface area (Å²) >= 11 is 0. The van der Waals surface area contributed by atoms with Crippen LogP contribution in [-0.2, 0) is 14.3 Å². The number of benzene rings is 1. The number of hydrogen-bond donors (Lipinski definition) is 0. The second-order valence-corrected chi connectivity index (χ2v) is 8.77. The van der Waals surface area contributed by atoms with E-state index >= 15 is 0 Å². The van der Waals surface area contributed by atoms with Crippen molar-refractivity contribution < 1.29 is 14.3 Å². The van der Waals surface area contributed by atoms with Crippen molar-refractivity contribution in [2.75, 3.05) is 0 Å². The molecule has 0 aromatic heterocycles. The van der Waals surface area contributed by atoms with Crippen molar-refractivity contribution in [2.24, 2.45) is 11.8 Å². The molecule has 0 N–H and O–H groups in total. The fourth-order valence-electron chi connectivity index (χ4n) is 6.07. The third kappa shape index (κ3) is 2.43. The molecule has 3 aliphatic rings. The van der Waals surface area contributed by atoms with Gasteiger partial charge in [-0.05, 0) is 56.7 Å². The molecule has 1 aliphatic carbocycles. The lowest BCUT2D eigenvalue weighted by Gasteiger charge is -2.31. The van der Waals surface area contributed by atoms with Crippen LogP contribution >= 0.6 is 0 Å². The van der Waals surface area contributed by atoms with Crippen LogP contribution in [0.4, 0.5) is 0 Å². The molecule has 2 saturated heterocycles. The van der Waals surface area contributed by atoms with Gasteiger partial charge in [0.15, 0.2) is 11.6 Å². The first kappa shape index (κ1) is 17.9. The van der Waals surface area contributed by atoms with Crippen LogP contribution in [0.15, 0.2) is 12.1 Å². The van der Waals surface area contributed by atoms with E-state index in [1.165, 1.54) is 5.56 Å². The maximum atomic E-state index is 13.5. The second-order valence-electron chi connectivity index (χ2n) is 8.77. The first-order valence-electron chi connectivity index (χ1n) is 10.2. The lowest BCUT2D eigenvalue weighted by atomic mass is 9.71. The smallest absolute Gasteiger partial charge is 0.154 e. The van der Waals surface area contributed by atoms with Crippen LogP contribution < -0.4 is 0 Å². The summed E-state index contributed by atoms with van der Waals surface area (Å²) in [6.45, 7) is 8.32. The molecule has 1 unspecified atom stereocenters. The van der Waals surface area contributed by atoms with E-state index in [0.717, 1.165) is 55.2 Å². The van der Waals surface area contributed by atoms with Gasteiger partial charge in [-0.3, -0.25) is 9.59 Å². The normalized spacial score (nSPS) is 35.4. The summed E-state index contributed by atoms with van der Waals surface area (Å²) in [5.74, 6) is -0.731. The summed E-state index contributed by atoms with van der Waals surface area (Å²) in [6, 6.07) is 4.19. The van der Waals surface area contributed by atoms with Crippen molar-refractivity contribution in [3.05, 3.63) is 34.4 Å². The van der Waals surface area contributed by atoms with Crippen LogP contribution in [0.1, 0.15) is 73.6 Å².